The largest absolute Gasteiger partial charge is 0.0912 e. The Morgan fingerprint density at radius 3 is 0.833 bits per heavy atom. The summed E-state index contributed by atoms with van der Waals surface area (Å²) < 4.78 is 0. The number of hydrogen-bond acceptors (Lipinski definition) is 0. The number of rotatable bonds is 0. The molecule has 0 aliphatic heterocycles. The monoisotopic (exact) mass is 156 g/mol. The quantitative estimate of drug-likeness (QED) is 0.504. The van der Waals surface area contributed by atoms with E-state index in [-0.39, 0.29) is 0 Å². The van der Waals surface area contributed by atoms with Crippen molar-refractivity contribution in [3.05, 3.63) is 72.9 Å². The molecule has 0 amide bonds. The topological polar surface area (TPSA) is 0 Å². The van der Waals surface area contributed by atoms with Crippen LogP contribution in [0.1, 0.15) is 0 Å². The van der Waals surface area contributed by atoms with Crippen LogP contribution >= 0.6 is 0 Å². The third-order valence-electron chi connectivity index (χ3n) is 1.80. The third kappa shape index (κ3) is 1.73. The van der Waals surface area contributed by atoms with Gasteiger partial charge in [-0.05, 0) is 22.3 Å². The maximum absolute atomic E-state index is 3.85. The zero-order chi connectivity index (χ0) is 9.14. The summed E-state index contributed by atoms with van der Waals surface area (Å²) in [6, 6.07) is 0. The van der Waals surface area contributed by atoms with Gasteiger partial charge in [0.1, 0.15) is 0 Å². The zero-order valence-electron chi connectivity index (χ0n) is 7.14. The Morgan fingerprint density at radius 2 is 0.667 bits per heavy atom. The molecule has 0 aromatic heterocycles. The molecule has 1 rings (SSSR count). The van der Waals surface area contributed by atoms with Gasteiger partial charge in [-0.15, -0.1) is 0 Å². The van der Waals surface area contributed by atoms with Crippen LogP contribution in [0.15, 0.2) is 72.9 Å². The Morgan fingerprint density at radius 1 is 0.500 bits per heavy atom. The first-order valence-corrected chi connectivity index (χ1v) is 3.74. The molecule has 0 nitrogen and oxygen atoms in total. The van der Waals surface area contributed by atoms with Gasteiger partial charge in [0.25, 0.3) is 0 Å². The minimum atomic E-state index is 0.917. The molecule has 0 aromatic rings. The molecule has 0 heteroatoms. The maximum Gasteiger partial charge on any atom is -0.0262 e. The molecule has 0 aromatic carbocycles. The molecule has 60 valence electrons. The normalized spacial score (nSPS) is 23.3. The second kappa shape index (κ2) is 3.22. The van der Waals surface area contributed by atoms with Crippen molar-refractivity contribution in [2.45, 2.75) is 0 Å². The molecule has 1 aliphatic carbocycles. The summed E-state index contributed by atoms with van der Waals surface area (Å²) in [5.41, 5.74) is 3.67. The van der Waals surface area contributed by atoms with E-state index in [2.05, 4.69) is 26.3 Å². The van der Waals surface area contributed by atoms with Crippen molar-refractivity contribution in [2.24, 2.45) is 0 Å². The zero-order valence-corrected chi connectivity index (χ0v) is 7.14. The molecule has 0 radical (unpaired) electrons. The lowest BCUT2D eigenvalue weighted by atomic mass is 10.00. The molecule has 1 aliphatic rings. The fourth-order valence-electron chi connectivity index (χ4n) is 0.831. The van der Waals surface area contributed by atoms with Gasteiger partial charge in [-0.3, -0.25) is 0 Å². The highest BCUT2D eigenvalue weighted by Gasteiger charge is 1.98. The Bertz CT molecular complexity index is 256. The fourth-order valence-corrected chi connectivity index (χ4v) is 0.831. The molecule has 0 bridgehead atoms. The standard InChI is InChI=1S/C12H12/c1-9-5-6-11(3)12(4)8-7-10(9)2/h5-8H,1-4H2/b6-5-,8-7-. The van der Waals surface area contributed by atoms with E-state index in [9.17, 15) is 0 Å². The second-order valence-corrected chi connectivity index (χ2v) is 2.77. The summed E-state index contributed by atoms with van der Waals surface area (Å²) in [6.45, 7) is 15.4. The van der Waals surface area contributed by atoms with Crippen molar-refractivity contribution >= 4 is 0 Å². The van der Waals surface area contributed by atoms with E-state index in [4.69, 9.17) is 0 Å². The van der Waals surface area contributed by atoms with E-state index in [1.54, 1.807) is 0 Å². The van der Waals surface area contributed by atoms with Crippen LogP contribution in [0.4, 0.5) is 0 Å². The predicted octanol–water partition coefficient (Wildman–Crippen LogP) is 3.34. The van der Waals surface area contributed by atoms with Crippen LogP contribution in [0.25, 0.3) is 0 Å². The summed E-state index contributed by atoms with van der Waals surface area (Å²) >= 11 is 0. The summed E-state index contributed by atoms with van der Waals surface area (Å²) in [5.74, 6) is 0. The smallest absolute Gasteiger partial charge is 0.0262 e. The lowest BCUT2D eigenvalue weighted by Crippen LogP contribution is -1.86. The van der Waals surface area contributed by atoms with Gasteiger partial charge in [0.05, 0.1) is 0 Å². The Labute approximate surface area is 73.6 Å². The molecular formula is C12H12. The van der Waals surface area contributed by atoms with Crippen molar-refractivity contribution in [1.29, 1.82) is 0 Å². The van der Waals surface area contributed by atoms with E-state index < -0.39 is 0 Å². The lowest BCUT2D eigenvalue weighted by molar-refractivity contribution is 1.50. The SMILES string of the molecule is C=C1/C=C\C(=C)C(=C)/C=C\C1=C. The van der Waals surface area contributed by atoms with E-state index in [0.717, 1.165) is 22.3 Å². The molecule has 0 unspecified atom stereocenters. The highest BCUT2D eigenvalue weighted by Crippen LogP contribution is 2.18. The summed E-state index contributed by atoms with van der Waals surface area (Å²) in [6.07, 6.45) is 7.61. The van der Waals surface area contributed by atoms with Gasteiger partial charge in [-0.1, -0.05) is 50.6 Å². The highest BCUT2D eigenvalue weighted by molar-refractivity contribution is 5.53. The first-order chi connectivity index (χ1) is 5.61. The average Bonchev–Trinajstić information content (AvgIpc) is 2.07. The van der Waals surface area contributed by atoms with Gasteiger partial charge in [0.15, 0.2) is 0 Å². The molecule has 0 spiro atoms. The van der Waals surface area contributed by atoms with E-state index in [1.165, 1.54) is 0 Å². The third-order valence-corrected chi connectivity index (χ3v) is 1.80. The minimum Gasteiger partial charge on any atom is -0.0912 e. The molecule has 0 saturated heterocycles. The van der Waals surface area contributed by atoms with Crippen molar-refractivity contribution in [1.82, 2.24) is 0 Å². The predicted molar refractivity (Wildman–Crippen MR) is 54.8 cm³/mol. The molecule has 0 fully saturated rings. The van der Waals surface area contributed by atoms with Crippen molar-refractivity contribution < 1.29 is 0 Å². The van der Waals surface area contributed by atoms with Crippen LogP contribution in [0.5, 0.6) is 0 Å². The Kier molecular flexibility index (Phi) is 2.29. The summed E-state index contributed by atoms with van der Waals surface area (Å²) in [5, 5.41) is 0. The number of allylic oxidation sites excluding steroid dienone is 8. The highest BCUT2D eigenvalue weighted by atomic mass is 14.0. The first kappa shape index (κ1) is 8.54. The van der Waals surface area contributed by atoms with Gasteiger partial charge in [-0.25, -0.2) is 0 Å². The van der Waals surface area contributed by atoms with Crippen molar-refractivity contribution in [2.75, 3.05) is 0 Å². The molecule has 0 saturated carbocycles. The molecule has 0 N–H and O–H groups in total. The van der Waals surface area contributed by atoms with Gasteiger partial charge in [0.2, 0.25) is 0 Å². The van der Waals surface area contributed by atoms with Crippen LogP contribution in [0, 0.1) is 0 Å². The fraction of sp³-hybridized carbons (Fsp3) is 0. The van der Waals surface area contributed by atoms with E-state index >= 15 is 0 Å². The average molecular weight is 156 g/mol. The first-order valence-electron chi connectivity index (χ1n) is 3.74. The van der Waals surface area contributed by atoms with Gasteiger partial charge in [0, 0.05) is 0 Å². The lowest BCUT2D eigenvalue weighted by Gasteiger charge is -2.05. The number of hydrogen-bond donors (Lipinski definition) is 0. The van der Waals surface area contributed by atoms with Crippen molar-refractivity contribution in [3.8, 4) is 0 Å². The van der Waals surface area contributed by atoms with Gasteiger partial charge < -0.3 is 0 Å². The molecule has 12 heavy (non-hydrogen) atoms. The second-order valence-electron chi connectivity index (χ2n) is 2.77. The molecule has 0 heterocycles. The van der Waals surface area contributed by atoms with Crippen LogP contribution in [0.2, 0.25) is 0 Å². The Hall–Kier alpha value is -1.56. The van der Waals surface area contributed by atoms with E-state index in [1.807, 2.05) is 24.3 Å². The van der Waals surface area contributed by atoms with Gasteiger partial charge >= 0.3 is 0 Å². The Balaban J connectivity index is 3.03. The maximum atomic E-state index is 3.85. The van der Waals surface area contributed by atoms with Crippen LogP contribution in [-0.4, -0.2) is 0 Å². The van der Waals surface area contributed by atoms with Crippen molar-refractivity contribution in [3.63, 3.8) is 0 Å². The summed E-state index contributed by atoms with van der Waals surface area (Å²) in [7, 11) is 0. The van der Waals surface area contributed by atoms with Crippen LogP contribution in [-0.2, 0) is 0 Å². The van der Waals surface area contributed by atoms with Crippen LogP contribution in [0.3, 0.4) is 0 Å². The van der Waals surface area contributed by atoms with Gasteiger partial charge in [-0.2, -0.15) is 0 Å². The van der Waals surface area contributed by atoms with E-state index in [0.29, 0.717) is 0 Å². The molecule has 0 atom stereocenters. The molecular weight excluding hydrogens is 144 g/mol. The van der Waals surface area contributed by atoms with Crippen LogP contribution < -0.4 is 0 Å². The minimum absolute atomic E-state index is 0.917. The summed E-state index contributed by atoms with van der Waals surface area (Å²) in [4.78, 5) is 0.